The third kappa shape index (κ3) is 2.04. The van der Waals surface area contributed by atoms with Crippen LogP contribution in [-0.4, -0.2) is 39.7 Å². The first-order valence-corrected chi connectivity index (χ1v) is 6.30. The summed E-state index contributed by atoms with van der Waals surface area (Å²) in [6, 6.07) is 6.33. The molecule has 0 spiro atoms. The summed E-state index contributed by atoms with van der Waals surface area (Å²) in [5, 5.41) is 0. The molecule has 0 saturated carbocycles. The van der Waals surface area contributed by atoms with Crippen LogP contribution in [0.15, 0.2) is 29.2 Å². The fraction of sp³-hybridized carbons (Fsp3) is 0.400. The molecule has 1 aliphatic rings. The highest BCUT2D eigenvalue weighted by molar-refractivity contribution is 7.89. The van der Waals surface area contributed by atoms with Gasteiger partial charge in [0.25, 0.3) is 0 Å². The summed E-state index contributed by atoms with van der Waals surface area (Å²) in [4.78, 5) is 0.263. The molecule has 1 aliphatic heterocycles. The molecule has 1 heterocycles. The monoisotopic (exact) mass is 243 g/mol. The first kappa shape index (κ1) is 11.4. The number of benzene rings is 1. The Morgan fingerprint density at radius 3 is 2.50 bits per heavy atom. The summed E-state index contributed by atoms with van der Waals surface area (Å²) in [5.74, 6) is 0.636. The van der Waals surface area contributed by atoms with E-state index in [1.807, 2.05) is 0 Å². The summed E-state index contributed by atoms with van der Waals surface area (Å²) >= 11 is 0. The zero-order chi connectivity index (χ0) is 11.6. The van der Waals surface area contributed by atoms with Crippen molar-refractivity contribution >= 4 is 10.0 Å². The standard InChI is InChI=1S/C10H13NO4S/c1-14-9-2-4-10(5-3-9)16(12,13)11-6-7-15-8-11/h2-5H,6-8H2,1H3. The molecule has 1 aromatic carbocycles. The molecule has 1 aromatic rings. The molecule has 16 heavy (non-hydrogen) atoms. The Hall–Kier alpha value is -1.11. The second-order valence-corrected chi connectivity index (χ2v) is 5.33. The van der Waals surface area contributed by atoms with E-state index >= 15 is 0 Å². The van der Waals surface area contributed by atoms with Gasteiger partial charge in [-0.15, -0.1) is 0 Å². The van der Waals surface area contributed by atoms with Crippen LogP contribution in [-0.2, 0) is 14.8 Å². The second-order valence-electron chi connectivity index (χ2n) is 3.39. The van der Waals surface area contributed by atoms with Crippen molar-refractivity contribution < 1.29 is 17.9 Å². The van der Waals surface area contributed by atoms with Crippen LogP contribution in [0.3, 0.4) is 0 Å². The number of methoxy groups -OCH3 is 1. The molecule has 2 rings (SSSR count). The fourth-order valence-corrected chi connectivity index (χ4v) is 2.79. The van der Waals surface area contributed by atoms with Gasteiger partial charge >= 0.3 is 0 Å². The maximum atomic E-state index is 12.0. The van der Waals surface area contributed by atoms with Crippen LogP contribution >= 0.6 is 0 Å². The Morgan fingerprint density at radius 1 is 1.31 bits per heavy atom. The van der Waals surface area contributed by atoms with E-state index in [9.17, 15) is 8.42 Å². The topological polar surface area (TPSA) is 55.8 Å². The molecular formula is C10H13NO4S. The van der Waals surface area contributed by atoms with Gasteiger partial charge in [0.2, 0.25) is 10.0 Å². The van der Waals surface area contributed by atoms with Gasteiger partial charge in [0.05, 0.1) is 18.6 Å². The van der Waals surface area contributed by atoms with Gasteiger partial charge in [0.1, 0.15) is 12.5 Å². The van der Waals surface area contributed by atoms with Crippen molar-refractivity contribution in [3.05, 3.63) is 24.3 Å². The highest BCUT2D eigenvalue weighted by Gasteiger charge is 2.27. The molecule has 0 amide bonds. The van der Waals surface area contributed by atoms with Crippen LogP contribution in [0.5, 0.6) is 5.75 Å². The number of hydrogen-bond donors (Lipinski definition) is 0. The predicted octanol–water partition coefficient (Wildman–Crippen LogP) is 0.674. The fourth-order valence-electron chi connectivity index (χ4n) is 1.48. The van der Waals surface area contributed by atoms with Crippen LogP contribution in [0.1, 0.15) is 0 Å². The van der Waals surface area contributed by atoms with Gasteiger partial charge in [-0.1, -0.05) is 0 Å². The van der Waals surface area contributed by atoms with Crippen molar-refractivity contribution in [1.82, 2.24) is 4.31 Å². The molecule has 0 aromatic heterocycles. The predicted molar refractivity (Wildman–Crippen MR) is 57.7 cm³/mol. The molecule has 0 radical (unpaired) electrons. The molecule has 0 atom stereocenters. The Labute approximate surface area is 94.6 Å². The van der Waals surface area contributed by atoms with Gasteiger partial charge in [-0.25, -0.2) is 8.42 Å². The maximum Gasteiger partial charge on any atom is 0.245 e. The zero-order valence-electron chi connectivity index (χ0n) is 8.92. The van der Waals surface area contributed by atoms with Crippen LogP contribution in [0, 0.1) is 0 Å². The minimum absolute atomic E-state index is 0.133. The van der Waals surface area contributed by atoms with Gasteiger partial charge in [-0.3, -0.25) is 0 Å². The summed E-state index contributed by atoms with van der Waals surface area (Å²) < 4.78 is 35.4. The van der Waals surface area contributed by atoms with Crippen LogP contribution < -0.4 is 4.74 Å². The number of ether oxygens (including phenoxy) is 2. The third-order valence-electron chi connectivity index (χ3n) is 2.42. The van der Waals surface area contributed by atoms with Crippen LogP contribution in [0.25, 0.3) is 0 Å². The Kier molecular flexibility index (Phi) is 3.13. The average Bonchev–Trinajstić information content (AvgIpc) is 2.83. The smallest absolute Gasteiger partial charge is 0.245 e. The van der Waals surface area contributed by atoms with Crippen molar-refractivity contribution in [2.24, 2.45) is 0 Å². The SMILES string of the molecule is COc1ccc(S(=O)(=O)N2CCOC2)cc1. The lowest BCUT2D eigenvalue weighted by Crippen LogP contribution is -2.28. The molecule has 1 saturated heterocycles. The minimum Gasteiger partial charge on any atom is -0.497 e. The molecule has 5 nitrogen and oxygen atoms in total. The van der Waals surface area contributed by atoms with E-state index in [1.165, 1.54) is 23.5 Å². The molecule has 88 valence electrons. The lowest BCUT2D eigenvalue weighted by molar-refractivity contribution is 0.172. The van der Waals surface area contributed by atoms with Crippen molar-refractivity contribution in [1.29, 1.82) is 0 Å². The molecule has 1 fully saturated rings. The van der Waals surface area contributed by atoms with Crippen LogP contribution in [0.2, 0.25) is 0 Å². The number of sulfonamides is 1. The van der Waals surface area contributed by atoms with Crippen molar-refractivity contribution in [2.45, 2.75) is 4.90 Å². The van der Waals surface area contributed by atoms with Gasteiger partial charge < -0.3 is 9.47 Å². The Morgan fingerprint density at radius 2 is 2.00 bits per heavy atom. The minimum atomic E-state index is -3.41. The molecule has 0 bridgehead atoms. The van der Waals surface area contributed by atoms with E-state index in [-0.39, 0.29) is 11.6 Å². The second kappa shape index (κ2) is 4.40. The zero-order valence-corrected chi connectivity index (χ0v) is 9.74. The van der Waals surface area contributed by atoms with Crippen molar-refractivity contribution in [3.8, 4) is 5.75 Å². The lowest BCUT2D eigenvalue weighted by Gasteiger charge is -2.13. The van der Waals surface area contributed by atoms with E-state index in [4.69, 9.17) is 9.47 Å². The van der Waals surface area contributed by atoms with E-state index < -0.39 is 10.0 Å². The summed E-state index contributed by atoms with van der Waals surface area (Å²) in [5.41, 5.74) is 0. The van der Waals surface area contributed by atoms with E-state index in [1.54, 1.807) is 12.1 Å². The number of rotatable bonds is 3. The van der Waals surface area contributed by atoms with Gasteiger partial charge in [0.15, 0.2) is 0 Å². The molecule has 0 N–H and O–H groups in total. The number of nitrogens with zero attached hydrogens (tertiary/aromatic N) is 1. The average molecular weight is 243 g/mol. The van der Waals surface area contributed by atoms with Crippen LogP contribution in [0.4, 0.5) is 0 Å². The normalized spacial score (nSPS) is 17.6. The van der Waals surface area contributed by atoms with Gasteiger partial charge in [-0.05, 0) is 24.3 Å². The highest BCUT2D eigenvalue weighted by Crippen LogP contribution is 2.20. The highest BCUT2D eigenvalue weighted by atomic mass is 32.2. The van der Waals surface area contributed by atoms with Gasteiger partial charge in [-0.2, -0.15) is 4.31 Å². The first-order chi connectivity index (χ1) is 7.64. The Balaban J connectivity index is 2.28. The third-order valence-corrected chi connectivity index (χ3v) is 4.25. The van der Waals surface area contributed by atoms with E-state index in [2.05, 4.69) is 0 Å². The quantitative estimate of drug-likeness (QED) is 0.783. The van der Waals surface area contributed by atoms with Gasteiger partial charge in [0, 0.05) is 6.54 Å². The van der Waals surface area contributed by atoms with E-state index in [0.717, 1.165) is 0 Å². The molecule has 6 heteroatoms. The largest absolute Gasteiger partial charge is 0.497 e. The number of hydrogen-bond acceptors (Lipinski definition) is 4. The molecule has 0 unspecified atom stereocenters. The Bertz CT molecular complexity index is 448. The first-order valence-electron chi connectivity index (χ1n) is 4.86. The van der Waals surface area contributed by atoms with E-state index in [0.29, 0.717) is 18.9 Å². The maximum absolute atomic E-state index is 12.0. The van der Waals surface area contributed by atoms with Crippen molar-refractivity contribution in [2.75, 3.05) is 27.0 Å². The summed E-state index contributed by atoms with van der Waals surface area (Å²) in [6.45, 7) is 0.998. The molecule has 0 aliphatic carbocycles. The van der Waals surface area contributed by atoms with Crippen molar-refractivity contribution in [3.63, 3.8) is 0 Å². The summed E-state index contributed by atoms with van der Waals surface area (Å²) in [6.07, 6.45) is 0. The summed E-state index contributed by atoms with van der Waals surface area (Å²) in [7, 11) is -1.87. The molecular weight excluding hydrogens is 230 g/mol. The lowest BCUT2D eigenvalue weighted by atomic mass is 10.3.